The molecule has 0 spiro atoms. The highest BCUT2D eigenvalue weighted by molar-refractivity contribution is 7.10. The summed E-state index contributed by atoms with van der Waals surface area (Å²) in [4.78, 5) is 47.7. The zero-order valence-electron chi connectivity index (χ0n) is 15.5. The van der Waals surface area contributed by atoms with Crippen LogP contribution in [0.3, 0.4) is 0 Å². The molecule has 1 saturated carbocycles. The molecule has 4 heterocycles. The summed E-state index contributed by atoms with van der Waals surface area (Å²) in [6.45, 7) is 2.73. The summed E-state index contributed by atoms with van der Waals surface area (Å²) in [5, 5.41) is 2.37. The fourth-order valence-electron chi connectivity index (χ4n) is 4.17. The van der Waals surface area contributed by atoms with Gasteiger partial charge in [0.15, 0.2) is 0 Å². The summed E-state index contributed by atoms with van der Waals surface area (Å²) in [6, 6.07) is 3.81. The first kappa shape index (κ1) is 17.4. The Bertz CT molecular complexity index is 1200. The molecule has 1 N–H and O–H groups in total. The van der Waals surface area contributed by atoms with Crippen LogP contribution in [0.2, 0.25) is 0 Å². The summed E-state index contributed by atoms with van der Waals surface area (Å²) in [5.74, 6) is -0.123. The molecule has 3 aromatic rings. The lowest BCUT2D eigenvalue weighted by Crippen LogP contribution is -2.39. The third kappa shape index (κ3) is 2.63. The van der Waals surface area contributed by atoms with Gasteiger partial charge in [-0.05, 0) is 48.8 Å². The van der Waals surface area contributed by atoms with E-state index in [1.54, 1.807) is 22.0 Å². The molecule has 1 unspecified atom stereocenters. The Morgan fingerprint density at radius 2 is 2.18 bits per heavy atom. The molecule has 8 heteroatoms. The summed E-state index contributed by atoms with van der Waals surface area (Å²) in [5.41, 5.74) is 1.04. The second-order valence-electron chi connectivity index (χ2n) is 7.43. The maximum absolute atomic E-state index is 13.3. The molecule has 1 atom stereocenters. The van der Waals surface area contributed by atoms with E-state index < -0.39 is 11.2 Å². The molecule has 1 fully saturated rings. The molecular formula is C20H20N4O3S. The van der Waals surface area contributed by atoms with Gasteiger partial charge in [-0.15, -0.1) is 11.3 Å². The Morgan fingerprint density at radius 3 is 2.93 bits per heavy atom. The third-order valence-electron chi connectivity index (χ3n) is 5.68. The van der Waals surface area contributed by atoms with Crippen LogP contribution in [-0.2, 0) is 6.42 Å². The normalized spacial score (nSPS) is 19.0. The van der Waals surface area contributed by atoms with E-state index in [-0.39, 0.29) is 18.0 Å². The van der Waals surface area contributed by atoms with Crippen molar-refractivity contribution < 1.29 is 4.79 Å². The maximum atomic E-state index is 13.3. The van der Waals surface area contributed by atoms with Crippen LogP contribution in [0.15, 0.2) is 33.3 Å². The van der Waals surface area contributed by atoms with Crippen molar-refractivity contribution in [1.82, 2.24) is 19.4 Å². The Kier molecular flexibility index (Phi) is 3.97. The zero-order chi connectivity index (χ0) is 19.4. The topological polar surface area (TPSA) is 88.1 Å². The van der Waals surface area contributed by atoms with E-state index in [0.29, 0.717) is 23.1 Å². The van der Waals surface area contributed by atoms with Crippen molar-refractivity contribution in [3.8, 4) is 0 Å². The number of nitrogens with zero attached hydrogens (tertiary/aromatic N) is 3. The smallest absolute Gasteiger partial charge is 0.330 e. The number of nitrogens with one attached hydrogen (secondary N) is 1. The van der Waals surface area contributed by atoms with Crippen molar-refractivity contribution in [3.05, 3.63) is 60.6 Å². The SMILES string of the molecule is CCC1c2ccsc2CCN1C(=O)c1cnc2c(c1)c(=O)[nH]c(=O)n2C1CC1. The number of hydrogen-bond donors (Lipinski definition) is 1. The predicted molar refractivity (Wildman–Crippen MR) is 107 cm³/mol. The predicted octanol–water partition coefficient (Wildman–Crippen LogP) is 2.63. The van der Waals surface area contributed by atoms with Gasteiger partial charge in [0.25, 0.3) is 11.5 Å². The quantitative estimate of drug-likeness (QED) is 0.737. The van der Waals surface area contributed by atoms with E-state index in [1.165, 1.54) is 16.6 Å². The van der Waals surface area contributed by atoms with Crippen LogP contribution in [0.25, 0.3) is 11.0 Å². The van der Waals surface area contributed by atoms with Gasteiger partial charge in [-0.3, -0.25) is 19.1 Å². The highest BCUT2D eigenvalue weighted by Gasteiger charge is 2.32. The van der Waals surface area contributed by atoms with Crippen molar-refractivity contribution in [3.63, 3.8) is 0 Å². The number of fused-ring (bicyclic) bond motifs is 2. The second-order valence-corrected chi connectivity index (χ2v) is 8.43. The first-order valence-corrected chi connectivity index (χ1v) is 10.5. The molecule has 0 aromatic carbocycles. The minimum Gasteiger partial charge on any atom is -0.331 e. The molecule has 1 aliphatic carbocycles. The van der Waals surface area contributed by atoms with Crippen LogP contribution in [0.4, 0.5) is 0 Å². The summed E-state index contributed by atoms with van der Waals surface area (Å²) < 4.78 is 1.54. The minimum atomic E-state index is -0.496. The van der Waals surface area contributed by atoms with Crippen LogP contribution in [0.5, 0.6) is 0 Å². The fraction of sp³-hybridized carbons (Fsp3) is 0.400. The first-order chi connectivity index (χ1) is 13.6. The fourth-order valence-corrected chi connectivity index (χ4v) is 5.10. The number of aromatic amines is 1. The molecule has 3 aromatic heterocycles. The second kappa shape index (κ2) is 6.41. The monoisotopic (exact) mass is 396 g/mol. The van der Waals surface area contributed by atoms with Gasteiger partial charge in [0.2, 0.25) is 0 Å². The molecule has 28 heavy (non-hydrogen) atoms. The molecule has 1 amide bonds. The number of carbonyl (C=O) groups is 1. The zero-order valence-corrected chi connectivity index (χ0v) is 16.3. The first-order valence-electron chi connectivity index (χ1n) is 9.60. The number of pyridine rings is 1. The van der Waals surface area contributed by atoms with Crippen LogP contribution < -0.4 is 11.2 Å². The number of carbonyl (C=O) groups excluding carboxylic acids is 1. The Hall–Kier alpha value is -2.74. The Balaban J connectivity index is 1.57. The van der Waals surface area contributed by atoms with Crippen molar-refractivity contribution in [2.75, 3.05) is 6.54 Å². The van der Waals surface area contributed by atoms with Gasteiger partial charge < -0.3 is 4.90 Å². The minimum absolute atomic E-state index is 0.0388. The van der Waals surface area contributed by atoms with Gasteiger partial charge in [0.05, 0.1) is 17.0 Å². The number of H-pyrrole nitrogens is 1. The maximum Gasteiger partial charge on any atom is 0.330 e. The van der Waals surface area contributed by atoms with E-state index in [2.05, 4.69) is 28.3 Å². The van der Waals surface area contributed by atoms with Crippen LogP contribution in [-0.4, -0.2) is 31.9 Å². The highest BCUT2D eigenvalue weighted by Crippen LogP contribution is 2.37. The molecular weight excluding hydrogens is 376 g/mol. The van der Waals surface area contributed by atoms with E-state index in [1.807, 2.05) is 4.90 Å². The summed E-state index contributed by atoms with van der Waals surface area (Å²) >= 11 is 1.74. The number of aromatic nitrogens is 3. The number of thiophene rings is 1. The average Bonchev–Trinajstić information content (AvgIpc) is 3.41. The van der Waals surface area contributed by atoms with Gasteiger partial charge in [-0.25, -0.2) is 9.78 Å². The van der Waals surface area contributed by atoms with E-state index in [0.717, 1.165) is 25.7 Å². The van der Waals surface area contributed by atoms with Crippen LogP contribution >= 0.6 is 11.3 Å². The lowest BCUT2D eigenvalue weighted by atomic mass is 9.97. The number of rotatable bonds is 3. The molecule has 2 aliphatic rings. The van der Waals surface area contributed by atoms with E-state index in [4.69, 9.17) is 0 Å². The van der Waals surface area contributed by atoms with Gasteiger partial charge in [0, 0.05) is 23.7 Å². The molecule has 0 radical (unpaired) electrons. The van der Waals surface area contributed by atoms with Crippen molar-refractivity contribution in [2.24, 2.45) is 0 Å². The van der Waals surface area contributed by atoms with E-state index >= 15 is 0 Å². The number of hydrogen-bond acceptors (Lipinski definition) is 5. The molecule has 5 rings (SSSR count). The van der Waals surface area contributed by atoms with Crippen molar-refractivity contribution >= 4 is 28.3 Å². The van der Waals surface area contributed by atoms with Gasteiger partial charge in [-0.2, -0.15) is 0 Å². The standard InChI is InChI=1S/C20H20N4O3S/c1-2-15-13-6-8-28-16(13)5-7-23(15)19(26)11-9-14-17(21-10-11)24(12-3-4-12)20(27)22-18(14)25/h6,8-10,12,15H,2-5,7H2,1H3,(H,22,25,27). The highest BCUT2D eigenvalue weighted by atomic mass is 32.1. The lowest BCUT2D eigenvalue weighted by molar-refractivity contribution is 0.0657. The van der Waals surface area contributed by atoms with Crippen molar-refractivity contribution in [2.45, 2.75) is 44.7 Å². The molecule has 7 nitrogen and oxygen atoms in total. The summed E-state index contributed by atoms with van der Waals surface area (Å²) in [7, 11) is 0. The van der Waals surface area contributed by atoms with Gasteiger partial charge in [0.1, 0.15) is 5.65 Å². The molecule has 1 aliphatic heterocycles. The largest absolute Gasteiger partial charge is 0.331 e. The molecule has 144 valence electrons. The Labute approximate surface area is 164 Å². The van der Waals surface area contributed by atoms with E-state index in [9.17, 15) is 14.4 Å². The average molecular weight is 396 g/mol. The van der Waals surface area contributed by atoms with Gasteiger partial charge >= 0.3 is 5.69 Å². The van der Waals surface area contributed by atoms with Crippen LogP contribution in [0.1, 0.15) is 59.1 Å². The number of amides is 1. The van der Waals surface area contributed by atoms with Crippen molar-refractivity contribution in [1.29, 1.82) is 0 Å². The lowest BCUT2D eigenvalue weighted by Gasteiger charge is -2.35. The third-order valence-corrected chi connectivity index (χ3v) is 6.68. The molecule has 0 saturated heterocycles. The Morgan fingerprint density at radius 1 is 1.36 bits per heavy atom. The summed E-state index contributed by atoms with van der Waals surface area (Å²) in [6.07, 6.45) is 4.98. The molecule has 0 bridgehead atoms. The van der Waals surface area contributed by atoms with Crippen LogP contribution in [0, 0.1) is 0 Å². The van der Waals surface area contributed by atoms with Gasteiger partial charge in [-0.1, -0.05) is 6.92 Å².